The van der Waals surface area contributed by atoms with Crippen molar-refractivity contribution in [2.75, 3.05) is 13.2 Å². The molecule has 2 atom stereocenters. The van der Waals surface area contributed by atoms with Gasteiger partial charge in [0.25, 0.3) is 0 Å². The number of carbonyl (C=O) groups excluding carboxylic acids is 2. The number of esters is 2. The fraction of sp³-hybridized carbons (Fsp3) is 0.897. The zero-order valence-electron chi connectivity index (χ0n) is 23.3. The Balaban J connectivity index is 3.37. The van der Waals surface area contributed by atoms with E-state index in [0.717, 1.165) is 19.3 Å². The minimum absolute atomic E-state index is 0.288. The second-order valence-corrected chi connectivity index (χ2v) is 10.2. The van der Waals surface area contributed by atoms with Gasteiger partial charge >= 0.3 is 17.9 Å². The number of aliphatic carboxylic acids is 1. The van der Waals surface area contributed by atoms with Gasteiger partial charge < -0.3 is 24.8 Å². The fourth-order valence-electron chi connectivity index (χ4n) is 4.15. The van der Waals surface area contributed by atoms with Crippen molar-refractivity contribution in [2.24, 2.45) is 0 Å². The van der Waals surface area contributed by atoms with E-state index in [-0.39, 0.29) is 13.0 Å². The van der Waals surface area contributed by atoms with Crippen LogP contribution in [0.5, 0.6) is 0 Å². The normalized spacial score (nSPS) is 12.7. The summed E-state index contributed by atoms with van der Waals surface area (Å²) in [5, 5.41) is 27.3. The van der Waals surface area contributed by atoms with Crippen LogP contribution in [0.25, 0.3) is 0 Å². The molecule has 0 spiro atoms. The largest absolute Gasteiger partial charge is 0.479 e. The number of aliphatic hydroxyl groups is 2. The minimum Gasteiger partial charge on any atom is -0.479 e. The number of carboxylic acids is 1. The third-order valence-corrected chi connectivity index (χ3v) is 6.50. The Hall–Kier alpha value is -1.67. The van der Waals surface area contributed by atoms with Gasteiger partial charge in [0, 0.05) is 6.42 Å². The molecule has 0 aliphatic heterocycles. The number of rotatable bonds is 27. The Kier molecular flexibility index (Phi) is 24.8. The zero-order valence-corrected chi connectivity index (χ0v) is 23.3. The van der Waals surface area contributed by atoms with E-state index in [0.29, 0.717) is 0 Å². The quantitative estimate of drug-likeness (QED) is 0.0859. The van der Waals surface area contributed by atoms with Gasteiger partial charge in [-0.25, -0.2) is 4.79 Å². The molecule has 218 valence electrons. The van der Waals surface area contributed by atoms with Gasteiger partial charge in [0.05, 0.1) is 6.42 Å². The lowest BCUT2D eigenvalue weighted by Gasteiger charge is -2.12. The molecule has 0 saturated carbocycles. The molecule has 2 unspecified atom stereocenters. The molecule has 0 aliphatic carbocycles. The molecule has 0 fully saturated rings. The van der Waals surface area contributed by atoms with Crippen molar-refractivity contribution < 1.29 is 39.2 Å². The summed E-state index contributed by atoms with van der Waals surface area (Å²) in [7, 11) is 0. The molecular formula is C29H54O8. The minimum atomic E-state index is -1.85. The summed E-state index contributed by atoms with van der Waals surface area (Å²) in [5.74, 6) is -2.88. The molecule has 8 nitrogen and oxygen atoms in total. The highest BCUT2D eigenvalue weighted by Gasteiger charge is 2.20. The molecule has 0 rings (SSSR count). The first-order valence-electron chi connectivity index (χ1n) is 14.8. The van der Waals surface area contributed by atoms with Crippen LogP contribution >= 0.6 is 0 Å². The second-order valence-electron chi connectivity index (χ2n) is 10.2. The van der Waals surface area contributed by atoms with Crippen molar-refractivity contribution in [2.45, 2.75) is 154 Å². The third-order valence-electron chi connectivity index (χ3n) is 6.50. The maximum atomic E-state index is 11.7. The summed E-state index contributed by atoms with van der Waals surface area (Å²) >= 11 is 0. The molecule has 0 aromatic carbocycles. The van der Waals surface area contributed by atoms with Crippen LogP contribution in [0, 0.1) is 0 Å². The SMILES string of the molecule is CCCCCCCCCCCCCCCCCCCCCC(=O)OCC(O)COC(=O)CC(O)C(=O)O. The van der Waals surface area contributed by atoms with E-state index in [4.69, 9.17) is 14.9 Å². The number of carbonyl (C=O) groups is 3. The summed E-state index contributed by atoms with van der Waals surface area (Å²) in [6, 6.07) is 0. The molecule has 37 heavy (non-hydrogen) atoms. The molecule has 0 aromatic heterocycles. The van der Waals surface area contributed by atoms with Crippen LogP contribution in [-0.4, -0.2) is 58.6 Å². The van der Waals surface area contributed by atoms with Crippen molar-refractivity contribution in [3.8, 4) is 0 Å². The van der Waals surface area contributed by atoms with Crippen LogP contribution < -0.4 is 0 Å². The average molecular weight is 531 g/mol. The molecule has 0 heterocycles. The lowest BCUT2D eigenvalue weighted by Crippen LogP contribution is -2.28. The van der Waals surface area contributed by atoms with Crippen molar-refractivity contribution >= 4 is 17.9 Å². The van der Waals surface area contributed by atoms with Gasteiger partial charge in [-0.05, 0) is 6.42 Å². The highest BCUT2D eigenvalue weighted by atomic mass is 16.6. The summed E-state index contributed by atoms with van der Waals surface area (Å²) in [6.45, 7) is 1.53. The molecule has 0 amide bonds. The van der Waals surface area contributed by atoms with Gasteiger partial charge in [0.2, 0.25) is 0 Å². The Labute approximate surface area is 224 Å². The number of unbranched alkanes of at least 4 members (excludes halogenated alkanes) is 18. The highest BCUT2D eigenvalue weighted by molar-refractivity contribution is 5.80. The molecule has 0 aliphatic rings. The van der Waals surface area contributed by atoms with E-state index >= 15 is 0 Å². The van der Waals surface area contributed by atoms with E-state index in [2.05, 4.69) is 11.7 Å². The van der Waals surface area contributed by atoms with E-state index in [1.54, 1.807) is 0 Å². The Morgan fingerprint density at radius 3 is 1.30 bits per heavy atom. The second kappa shape index (κ2) is 26.0. The number of hydrogen-bond acceptors (Lipinski definition) is 7. The van der Waals surface area contributed by atoms with Gasteiger partial charge in [-0.3, -0.25) is 9.59 Å². The number of ether oxygens (including phenoxy) is 2. The molecule has 0 bridgehead atoms. The molecule has 0 radical (unpaired) electrons. The molecule has 0 aromatic rings. The van der Waals surface area contributed by atoms with Gasteiger partial charge in [0.1, 0.15) is 19.3 Å². The topological polar surface area (TPSA) is 130 Å². The smallest absolute Gasteiger partial charge is 0.333 e. The monoisotopic (exact) mass is 530 g/mol. The van der Waals surface area contributed by atoms with Gasteiger partial charge in [0.15, 0.2) is 6.10 Å². The zero-order chi connectivity index (χ0) is 27.6. The standard InChI is InChI=1S/C29H54O8/c1-2-3-4-5-6-7-8-9-10-11-12-13-14-15-16-17-18-19-20-21-27(32)36-23-25(30)24-37-28(33)22-26(31)29(34)35/h25-26,30-31H,2-24H2,1H3,(H,34,35). The van der Waals surface area contributed by atoms with Crippen molar-refractivity contribution in [1.29, 1.82) is 0 Å². The van der Waals surface area contributed by atoms with Crippen molar-refractivity contribution in [1.82, 2.24) is 0 Å². The summed E-state index contributed by atoms with van der Waals surface area (Å²) in [6.07, 6.45) is 21.1. The predicted molar refractivity (Wildman–Crippen MR) is 144 cm³/mol. The van der Waals surface area contributed by atoms with E-state index < -0.39 is 43.1 Å². The molecule has 8 heteroatoms. The molecular weight excluding hydrogens is 476 g/mol. The number of aliphatic hydroxyl groups excluding tert-OH is 2. The average Bonchev–Trinajstić information content (AvgIpc) is 2.87. The van der Waals surface area contributed by atoms with Crippen molar-refractivity contribution in [3.63, 3.8) is 0 Å². The van der Waals surface area contributed by atoms with Gasteiger partial charge in [-0.1, -0.05) is 122 Å². The fourth-order valence-corrected chi connectivity index (χ4v) is 4.15. The van der Waals surface area contributed by atoms with E-state index in [1.165, 1.54) is 103 Å². The lowest BCUT2D eigenvalue weighted by atomic mass is 10.0. The summed E-state index contributed by atoms with van der Waals surface area (Å²) < 4.78 is 9.63. The summed E-state index contributed by atoms with van der Waals surface area (Å²) in [4.78, 5) is 33.5. The number of hydrogen-bond donors (Lipinski definition) is 3. The summed E-state index contributed by atoms with van der Waals surface area (Å²) in [5.41, 5.74) is 0. The maximum absolute atomic E-state index is 11.7. The maximum Gasteiger partial charge on any atom is 0.333 e. The Morgan fingerprint density at radius 1 is 0.568 bits per heavy atom. The Bertz CT molecular complexity index is 566. The Morgan fingerprint density at radius 2 is 0.919 bits per heavy atom. The van der Waals surface area contributed by atoms with Crippen LogP contribution in [0.3, 0.4) is 0 Å². The number of carboxylic acid groups (broad SMARTS) is 1. The van der Waals surface area contributed by atoms with Gasteiger partial charge in [-0.2, -0.15) is 0 Å². The first-order valence-corrected chi connectivity index (χ1v) is 14.8. The van der Waals surface area contributed by atoms with Crippen LogP contribution in [0.4, 0.5) is 0 Å². The van der Waals surface area contributed by atoms with Crippen molar-refractivity contribution in [3.05, 3.63) is 0 Å². The highest BCUT2D eigenvalue weighted by Crippen LogP contribution is 2.15. The van der Waals surface area contributed by atoms with Gasteiger partial charge in [-0.15, -0.1) is 0 Å². The van der Waals surface area contributed by atoms with E-state index in [1.807, 2.05) is 0 Å². The third kappa shape index (κ3) is 25.7. The van der Waals surface area contributed by atoms with Crippen LogP contribution in [0.1, 0.15) is 142 Å². The first-order chi connectivity index (χ1) is 17.9. The van der Waals surface area contributed by atoms with Crippen LogP contribution in [0.15, 0.2) is 0 Å². The predicted octanol–water partition coefficient (Wildman–Crippen LogP) is 6.09. The molecule has 0 saturated heterocycles. The van der Waals surface area contributed by atoms with E-state index in [9.17, 15) is 19.5 Å². The van der Waals surface area contributed by atoms with Crippen LogP contribution in [-0.2, 0) is 23.9 Å². The van der Waals surface area contributed by atoms with Crippen LogP contribution in [0.2, 0.25) is 0 Å². The molecule has 3 N–H and O–H groups in total. The first kappa shape index (κ1) is 35.3. The lowest BCUT2D eigenvalue weighted by molar-refractivity contribution is -0.159.